The Morgan fingerprint density at radius 2 is 2.22 bits per heavy atom. The standard InChI is InChI=1S/C13H17NO3S/c15-11-7-6-9-14-13(11)18-10-5-3-1-2-4-8-12(16)17/h4,6-9,15H,1-3,5,10H2,(H,16,17). The number of aliphatic carboxylic acids is 1. The number of carboxylic acids is 1. The molecule has 5 heteroatoms. The summed E-state index contributed by atoms with van der Waals surface area (Å²) >= 11 is 1.54. The SMILES string of the molecule is O=C(O)C=CCCCCCSc1ncccc1O. The van der Waals surface area contributed by atoms with E-state index in [4.69, 9.17) is 5.11 Å². The largest absolute Gasteiger partial charge is 0.505 e. The minimum absolute atomic E-state index is 0.229. The van der Waals surface area contributed by atoms with Gasteiger partial charge in [0.1, 0.15) is 10.8 Å². The van der Waals surface area contributed by atoms with Crippen molar-refractivity contribution in [2.75, 3.05) is 5.75 Å². The number of carboxylic acid groups (broad SMARTS) is 1. The van der Waals surface area contributed by atoms with E-state index in [0.29, 0.717) is 5.03 Å². The first-order valence-corrected chi connectivity index (χ1v) is 6.85. The Balaban J connectivity index is 2.06. The lowest BCUT2D eigenvalue weighted by molar-refractivity contribution is -0.131. The second kappa shape index (κ2) is 8.58. The Morgan fingerprint density at radius 1 is 1.39 bits per heavy atom. The maximum atomic E-state index is 10.2. The van der Waals surface area contributed by atoms with Crippen LogP contribution in [-0.4, -0.2) is 26.9 Å². The van der Waals surface area contributed by atoms with E-state index in [2.05, 4.69) is 4.98 Å². The van der Waals surface area contributed by atoms with Gasteiger partial charge in [0.15, 0.2) is 0 Å². The Labute approximate surface area is 111 Å². The third-order valence-electron chi connectivity index (χ3n) is 2.27. The van der Waals surface area contributed by atoms with E-state index >= 15 is 0 Å². The molecule has 18 heavy (non-hydrogen) atoms. The van der Waals surface area contributed by atoms with Crippen LogP contribution in [0.4, 0.5) is 0 Å². The molecule has 1 aromatic heterocycles. The number of thioether (sulfide) groups is 1. The minimum atomic E-state index is -0.892. The van der Waals surface area contributed by atoms with Crippen molar-refractivity contribution in [1.82, 2.24) is 4.98 Å². The zero-order valence-corrected chi connectivity index (χ0v) is 10.9. The van der Waals surface area contributed by atoms with Crippen LogP contribution in [0.5, 0.6) is 5.75 Å². The average Bonchev–Trinajstić information content (AvgIpc) is 2.34. The van der Waals surface area contributed by atoms with E-state index in [0.717, 1.165) is 31.4 Å². The highest BCUT2D eigenvalue weighted by Crippen LogP contribution is 2.25. The first-order valence-electron chi connectivity index (χ1n) is 5.86. The maximum absolute atomic E-state index is 10.2. The number of pyridine rings is 1. The fourth-order valence-electron chi connectivity index (χ4n) is 1.39. The molecular weight excluding hydrogens is 250 g/mol. The summed E-state index contributed by atoms with van der Waals surface area (Å²) in [5.74, 6) is 0.246. The van der Waals surface area contributed by atoms with Crippen LogP contribution in [0.25, 0.3) is 0 Å². The van der Waals surface area contributed by atoms with Crippen LogP contribution in [0, 0.1) is 0 Å². The van der Waals surface area contributed by atoms with Gasteiger partial charge in [-0.25, -0.2) is 9.78 Å². The molecule has 0 aromatic carbocycles. The molecular formula is C13H17NO3S. The lowest BCUT2D eigenvalue weighted by Crippen LogP contribution is -1.86. The molecule has 0 saturated heterocycles. The molecule has 0 radical (unpaired) electrons. The van der Waals surface area contributed by atoms with E-state index in [1.165, 1.54) is 6.08 Å². The predicted molar refractivity (Wildman–Crippen MR) is 71.9 cm³/mol. The van der Waals surface area contributed by atoms with Crippen molar-refractivity contribution < 1.29 is 15.0 Å². The smallest absolute Gasteiger partial charge is 0.327 e. The lowest BCUT2D eigenvalue weighted by atomic mass is 10.2. The highest BCUT2D eigenvalue weighted by atomic mass is 32.2. The van der Waals surface area contributed by atoms with Crippen molar-refractivity contribution >= 4 is 17.7 Å². The van der Waals surface area contributed by atoms with Crippen LogP contribution in [0.15, 0.2) is 35.5 Å². The summed E-state index contributed by atoms with van der Waals surface area (Å²) in [7, 11) is 0. The number of nitrogens with zero attached hydrogens (tertiary/aromatic N) is 1. The van der Waals surface area contributed by atoms with Crippen molar-refractivity contribution in [2.45, 2.75) is 30.7 Å². The molecule has 0 saturated carbocycles. The van der Waals surface area contributed by atoms with Crippen LogP contribution >= 0.6 is 11.8 Å². The van der Waals surface area contributed by atoms with Gasteiger partial charge in [0.2, 0.25) is 0 Å². The second-order valence-electron chi connectivity index (χ2n) is 3.77. The topological polar surface area (TPSA) is 70.4 Å². The van der Waals surface area contributed by atoms with Gasteiger partial charge in [-0.15, -0.1) is 11.8 Å². The monoisotopic (exact) mass is 267 g/mol. The Hall–Kier alpha value is -1.49. The van der Waals surface area contributed by atoms with Gasteiger partial charge in [-0.2, -0.15) is 0 Å². The molecule has 0 unspecified atom stereocenters. The van der Waals surface area contributed by atoms with E-state index in [9.17, 15) is 9.90 Å². The van der Waals surface area contributed by atoms with Gasteiger partial charge in [0, 0.05) is 12.3 Å². The van der Waals surface area contributed by atoms with Gasteiger partial charge in [0.05, 0.1) is 0 Å². The number of carbonyl (C=O) groups is 1. The maximum Gasteiger partial charge on any atom is 0.327 e. The normalized spacial score (nSPS) is 10.9. The minimum Gasteiger partial charge on any atom is -0.505 e. The number of aromatic nitrogens is 1. The molecule has 1 heterocycles. The highest BCUT2D eigenvalue weighted by Gasteiger charge is 2.01. The van der Waals surface area contributed by atoms with E-state index in [1.54, 1.807) is 36.2 Å². The van der Waals surface area contributed by atoms with Gasteiger partial charge in [-0.1, -0.05) is 12.5 Å². The number of hydrogen-bond donors (Lipinski definition) is 2. The Bertz CT molecular complexity index is 407. The quantitative estimate of drug-likeness (QED) is 0.430. The lowest BCUT2D eigenvalue weighted by Gasteiger charge is -2.02. The summed E-state index contributed by atoms with van der Waals surface area (Å²) in [6.45, 7) is 0. The van der Waals surface area contributed by atoms with Crippen LogP contribution in [0.2, 0.25) is 0 Å². The van der Waals surface area contributed by atoms with Gasteiger partial charge >= 0.3 is 5.97 Å². The van der Waals surface area contributed by atoms with Crippen LogP contribution in [0.1, 0.15) is 25.7 Å². The number of aromatic hydroxyl groups is 1. The number of hydrogen-bond acceptors (Lipinski definition) is 4. The van der Waals surface area contributed by atoms with Crippen molar-refractivity contribution in [3.8, 4) is 5.75 Å². The average molecular weight is 267 g/mol. The zero-order valence-electron chi connectivity index (χ0n) is 10.1. The van der Waals surface area contributed by atoms with Gasteiger partial charge < -0.3 is 10.2 Å². The van der Waals surface area contributed by atoms with Gasteiger partial charge in [-0.05, 0) is 37.1 Å². The van der Waals surface area contributed by atoms with Crippen LogP contribution in [0.3, 0.4) is 0 Å². The molecule has 0 aliphatic heterocycles. The fraction of sp³-hybridized carbons (Fsp3) is 0.385. The van der Waals surface area contributed by atoms with Crippen LogP contribution < -0.4 is 0 Å². The van der Waals surface area contributed by atoms with Gasteiger partial charge in [0.25, 0.3) is 0 Å². The van der Waals surface area contributed by atoms with E-state index in [1.807, 2.05) is 0 Å². The molecule has 0 atom stereocenters. The molecule has 0 aliphatic rings. The molecule has 1 aromatic rings. The molecule has 0 bridgehead atoms. The van der Waals surface area contributed by atoms with Crippen molar-refractivity contribution in [1.29, 1.82) is 0 Å². The number of rotatable bonds is 8. The molecule has 4 nitrogen and oxygen atoms in total. The fourth-order valence-corrected chi connectivity index (χ4v) is 2.28. The molecule has 2 N–H and O–H groups in total. The van der Waals surface area contributed by atoms with Gasteiger partial charge in [-0.3, -0.25) is 0 Å². The first kappa shape index (κ1) is 14.6. The summed E-state index contributed by atoms with van der Waals surface area (Å²) < 4.78 is 0. The zero-order chi connectivity index (χ0) is 13.2. The molecule has 0 spiro atoms. The summed E-state index contributed by atoms with van der Waals surface area (Å²) in [4.78, 5) is 14.3. The molecule has 98 valence electrons. The molecule has 0 fully saturated rings. The van der Waals surface area contributed by atoms with Crippen molar-refractivity contribution in [3.63, 3.8) is 0 Å². The summed E-state index contributed by atoms with van der Waals surface area (Å²) in [6.07, 6.45) is 8.38. The van der Waals surface area contributed by atoms with E-state index < -0.39 is 5.97 Å². The third kappa shape index (κ3) is 6.30. The summed E-state index contributed by atoms with van der Waals surface area (Å²) in [5.41, 5.74) is 0. The molecule has 0 amide bonds. The summed E-state index contributed by atoms with van der Waals surface area (Å²) in [5, 5.41) is 18.5. The highest BCUT2D eigenvalue weighted by molar-refractivity contribution is 7.99. The number of unbranched alkanes of at least 4 members (excludes halogenated alkanes) is 3. The third-order valence-corrected chi connectivity index (χ3v) is 3.35. The van der Waals surface area contributed by atoms with Crippen molar-refractivity contribution in [3.05, 3.63) is 30.5 Å². The Morgan fingerprint density at radius 3 is 2.94 bits per heavy atom. The molecule has 0 aliphatic carbocycles. The molecule has 1 rings (SSSR count). The number of allylic oxidation sites excluding steroid dienone is 1. The predicted octanol–water partition coefficient (Wildman–Crippen LogP) is 3.08. The van der Waals surface area contributed by atoms with Crippen LogP contribution in [-0.2, 0) is 4.79 Å². The first-order chi connectivity index (χ1) is 8.70. The second-order valence-corrected chi connectivity index (χ2v) is 4.85. The van der Waals surface area contributed by atoms with E-state index in [-0.39, 0.29) is 5.75 Å². The van der Waals surface area contributed by atoms with Crippen molar-refractivity contribution in [2.24, 2.45) is 0 Å². The Kier molecular flexibility index (Phi) is 6.94. The summed E-state index contributed by atoms with van der Waals surface area (Å²) in [6, 6.07) is 3.33.